The van der Waals surface area contributed by atoms with Crippen LogP contribution in [0.1, 0.15) is 15.2 Å². The Morgan fingerprint density at radius 2 is 2.06 bits per heavy atom. The number of hydrogen-bond donors (Lipinski definition) is 2. The molecule has 0 aliphatic rings. The topological polar surface area (TPSA) is 55.1 Å². The van der Waals surface area contributed by atoms with E-state index in [2.05, 4.69) is 37.2 Å². The number of nitrogens with two attached hydrogens (primary N) is 1. The zero-order valence-electron chi connectivity index (χ0n) is 9.24. The summed E-state index contributed by atoms with van der Waals surface area (Å²) in [5, 5.41) is 2.86. The van der Waals surface area contributed by atoms with Crippen molar-refractivity contribution in [3.05, 3.63) is 49.0 Å². The number of carbonyl (C=O) groups is 1. The zero-order valence-corrected chi connectivity index (χ0v) is 13.2. The van der Waals surface area contributed by atoms with Gasteiger partial charge >= 0.3 is 0 Å². The molecular formula is C12H10Br2N2OS. The molecule has 0 bridgehead atoms. The molecule has 0 saturated carbocycles. The third kappa shape index (κ3) is 3.13. The van der Waals surface area contributed by atoms with Crippen LogP contribution in [0, 0.1) is 0 Å². The molecule has 1 heterocycles. The van der Waals surface area contributed by atoms with Gasteiger partial charge in [0.25, 0.3) is 5.91 Å². The van der Waals surface area contributed by atoms with E-state index < -0.39 is 0 Å². The maximum atomic E-state index is 12.0. The second-order valence-corrected chi connectivity index (χ2v) is 6.94. The summed E-state index contributed by atoms with van der Waals surface area (Å²) in [6.07, 6.45) is 0. The van der Waals surface area contributed by atoms with Crippen LogP contribution in [0.5, 0.6) is 0 Å². The molecule has 1 amide bonds. The lowest BCUT2D eigenvalue weighted by Gasteiger charge is -2.07. The highest BCUT2D eigenvalue weighted by Crippen LogP contribution is 2.24. The first-order chi connectivity index (χ1) is 8.58. The van der Waals surface area contributed by atoms with E-state index in [0.29, 0.717) is 22.3 Å². The fourth-order valence-electron chi connectivity index (χ4n) is 1.43. The lowest BCUT2D eigenvalue weighted by molar-refractivity contribution is 0.0950. The van der Waals surface area contributed by atoms with Crippen molar-refractivity contribution in [1.29, 1.82) is 0 Å². The highest BCUT2D eigenvalue weighted by molar-refractivity contribution is 9.11. The fraction of sp³-hybridized carbons (Fsp3) is 0.0833. The Bertz CT molecular complexity index is 583. The molecule has 0 aliphatic heterocycles. The normalized spacial score (nSPS) is 10.3. The molecule has 18 heavy (non-hydrogen) atoms. The summed E-state index contributed by atoms with van der Waals surface area (Å²) in [6, 6.07) is 9.18. The van der Waals surface area contributed by atoms with Gasteiger partial charge in [-0.1, -0.05) is 6.07 Å². The van der Waals surface area contributed by atoms with Crippen LogP contribution in [0.15, 0.2) is 38.6 Å². The molecule has 3 N–H and O–H groups in total. The lowest BCUT2D eigenvalue weighted by atomic mass is 10.2. The van der Waals surface area contributed by atoms with Crippen LogP contribution in [0.25, 0.3) is 0 Å². The average molecular weight is 390 g/mol. The van der Waals surface area contributed by atoms with Crippen molar-refractivity contribution in [3.63, 3.8) is 0 Å². The molecule has 3 nitrogen and oxygen atoms in total. The van der Waals surface area contributed by atoms with Crippen LogP contribution >= 0.6 is 43.2 Å². The highest BCUT2D eigenvalue weighted by atomic mass is 79.9. The van der Waals surface area contributed by atoms with Crippen LogP contribution < -0.4 is 11.1 Å². The third-order valence-electron chi connectivity index (χ3n) is 2.33. The van der Waals surface area contributed by atoms with Crippen LogP contribution in [0.3, 0.4) is 0 Å². The summed E-state index contributed by atoms with van der Waals surface area (Å²) in [4.78, 5) is 13.1. The number of hydrogen-bond acceptors (Lipinski definition) is 3. The summed E-state index contributed by atoms with van der Waals surface area (Å²) in [5.74, 6) is -0.140. The summed E-state index contributed by atoms with van der Waals surface area (Å²) in [5.41, 5.74) is 6.84. The van der Waals surface area contributed by atoms with E-state index in [0.717, 1.165) is 8.66 Å². The second kappa shape index (κ2) is 5.86. The molecule has 0 saturated heterocycles. The van der Waals surface area contributed by atoms with Crippen molar-refractivity contribution < 1.29 is 4.79 Å². The van der Waals surface area contributed by atoms with E-state index in [1.54, 1.807) is 29.5 Å². The molecule has 0 aliphatic carbocycles. The van der Waals surface area contributed by atoms with E-state index in [1.807, 2.05) is 12.1 Å². The van der Waals surface area contributed by atoms with Gasteiger partial charge in [0, 0.05) is 10.6 Å². The second-order valence-electron chi connectivity index (χ2n) is 3.60. The Morgan fingerprint density at radius 3 is 2.72 bits per heavy atom. The summed E-state index contributed by atoms with van der Waals surface area (Å²) in [7, 11) is 0. The number of benzene rings is 1. The molecule has 0 spiro atoms. The largest absolute Gasteiger partial charge is 0.398 e. The smallest absolute Gasteiger partial charge is 0.252 e. The van der Waals surface area contributed by atoms with Gasteiger partial charge in [0.05, 0.1) is 20.4 Å². The SMILES string of the molecule is Nc1cccc(C(=O)NCc2ccc(Br)s2)c1Br. The summed E-state index contributed by atoms with van der Waals surface area (Å²) < 4.78 is 1.69. The zero-order chi connectivity index (χ0) is 13.1. The number of carbonyl (C=O) groups excluding carboxylic acids is 1. The number of nitrogen functional groups attached to an aromatic ring is 1. The number of thiophene rings is 1. The van der Waals surface area contributed by atoms with Gasteiger partial charge in [0.15, 0.2) is 0 Å². The van der Waals surface area contributed by atoms with Gasteiger partial charge in [0.2, 0.25) is 0 Å². The minimum Gasteiger partial charge on any atom is -0.398 e. The van der Waals surface area contributed by atoms with Crippen LogP contribution in [0.2, 0.25) is 0 Å². The minimum absolute atomic E-state index is 0.140. The first-order valence-corrected chi connectivity index (χ1v) is 7.54. The van der Waals surface area contributed by atoms with E-state index in [-0.39, 0.29) is 5.91 Å². The van der Waals surface area contributed by atoms with Gasteiger partial charge in [-0.3, -0.25) is 4.79 Å². The van der Waals surface area contributed by atoms with Crippen molar-refractivity contribution in [2.45, 2.75) is 6.54 Å². The Labute approximate surface area is 126 Å². The van der Waals surface area contributed by atoms with Crippen LogP contribution in [0.4, 0.5) is 5.69 Å². The lowest BCUT2D eigenvalue weighted by Crippen LogP contribution is -2.22. The van der Waals surface area contributed by atoms with Crippen molar-refractivity contribution in [3.8, 4) is 0 Å². The van der Waals surface area contributed by atoms with Crippen molar-refractivity contribution in [2.24, 2.45) is 0 Å². The van der Waals surface area contributed by atoms with E-state index in [4.69, 9.17) is 5.73 Å². The first kappa shape index (κ1) is 13.6. The molecule has 0 fully saturated rings. The Kier molecular flexibility index (Phi) is 4.42. The number of halogens is 2. The standard InChI is InChI=1S/C12H10Br2N2OS/c13-10-5-4-7(18-10)6-16-12(17)8-2-1-3-9(15)11(8)14/h1-5H,6,15H2,(H,16,17). The van der Waals surface area contributed by atoms with Gasteiger partial charge < -0.3 is 11.1 Å². The quantitative estimate of drug-likeness (QED) is 0.784. The predicted molar refractivity (Wildman–Crippen MR) is 81.7 cm³/mol. The molecular weight excluding hydrogens is 380 g/mol. The molecule has 0 atom stereocenters. The van der Waals surface area contributed by atoms with Crippen molar-refractivity contribution in [2.75, 3.05) is 5.73 Å². The van der Waals surface area contributed by atoms with E-state index >= 15 is 0 Å². The van der Waals surface area contributed by atoms with Gasteiger partial charge in [-0.15, -0.1) is 11.3 Å². The predicted octanol–water partition coefficient (Wildman–Crippen LogP) is 3.79. The molecule has 1 aromatic heterocycles. The number of nitrogens with one attached hydrogen (secondary N) is 1. The Hall–Kier alpha value is -0.850. The fourth-order valence-corrected chi connectivity index (χ4v) is 3.30. The highest BCUT2D eigenvalue weighted by Gasteiger charge is 2.11. The van der Waals surface area contributed by atoms with Crippen LogP contribution in [-0.2, 0) is 6.54 Å². The molecule has 0 radical (unpaired) electrons. The van der Waals surface area contributed by atoms with Gasteiger partial charge in [-0.2, -0.15) is 0 Å². The Morgan fingerprint density at radius 1 is 1.28 bits per heavy atom. The van der Waals surface area contributed by atoms with E-state index in [1.165, 1.54) is 0 Å². The van der Waals surface area contributed by atoms with Gasteiger partial charge in [0.1, 0.15) is 0 Å². The third-order valence-corrected chi connectivity index (χ3v) is 4.83. The van der Waals surface area contributed by atoms with Crippen LogP contribution in [-0.4, -0.2) is 5.91 Å². The Balaban J connectivity index is 2.06. The summed E-state index contributed by atoms with van der Waals surface area (Å²) in [6.45, 7) is 0.510. The minimum atomic E-state index is -0.140. The first-order valence-electron chi connectivity index (χ1n) is 5.14. The molecule has 1 aromatic carbocycles. The molecule has 2 aromatic rings. The molecule has 2 rings (SSSR count). The molecule has 0 unspecified atom stereocenters. The number of anilines is 1. The average Bonchev–Trinajstić information content (AvgIpc) is 2.76. The number of amides is 1. The van der Waals surface area contributed by atoms with Crippen molar-refractivity contribution in [1.82, 2.24) is 5.32 Å². The summed E-state index contributed by atoms with van der Waals surface area (Å²) >= 11 is 8.31. The van der Waals surface area contributed by atoms with Gasteiger partial charge in [-0.05, 0) is 56.1 Å². The molecule has 94 valence electrons. The maximum Gasteiger partial charge on any atom is 0.252 e. The monoisotopic (exact) mass is 388 g/mol. The molecule has 6 heteroatoms. The number of rotatable bonds is 3. The van der Waals surface area contributed by atoms with Crippen molar-refractivity contribution >= 4 is 54.8 Å². The van der Waals surface area contributed by atoms with Gasteiger partial charge in [-0.25, -0.2) is 0 Å². The maximum absolute atomic E-state index is 12.0. The van der Waals surface area contributed by atoms with E-state index in [9.17, 15) is 4.79 Å².